The second-order valence-corrected chi connectivity index (χ2v) is 9.21. The predicted molar refractivity (Wildman–Crippen MR) is 149 cm³/mol. The molecule has 0 atom stereocenters. The number of carbonyl (C=O) groups is 2. The molecule has 40 heavy (non-hydrogen) atoms. The molecule has 2 aromatic carbocycles. The van der Waals surface area contributed by atoms with Crippen molar-refractivity contribution in [3.63, 3.8) is 0 Å². The van der Waals surface area contributed by atoms with Gasteiger partial charge in [-0.1, -0.05) is 60.7 Å². The quantitative estimate of drug-likeness (QED) is 0.176. The first-order valence-electron chi connectivity index (χ1n) is 13.2. The molecule has 0 bridgehead atoms. The predicted octanol–water partition coefficient (Wildman–Crippen LogP) is 6.48. The smallest absolute Gasteiger partial charge is 0.345 e. The Morgan fingerprint density at radius 1 is 0.575 bits per heavy atom. The van der Waals surface area contributed by atoms with Crippen LogP contribution in [-0.2, 0) is 35.2 Å². The van der Waals surface area contributed by atoms with E-state index in [1.54, 1.807) is 0 Å². The minimum Gasteiger partial charge on any atom is -0.468 e. The third-order valence-corrected chi connectivity index (χ3v) is 6.78. The lowest BCUT2D eigenvalue weighted by atomic mass is 9.96. The maximum Gasteiger partial charge on any atom is 0.345 e. The molecule has 0 N–H and O–H groups in total. The Morgan fingerprint density at radius 3 is 1.27 bits per heavy atom. The van der Waals surface area contributed by atoms with Crippen molar-refractivity contribution in [1.82, 2.24) is 0 Å². The van der Waals surface area contributed by atoms with Gasteiger partial charge in [0.1, 0.15) is 11.1 Å². The van der Waals surface area contributed by atoms with Crippen molar-refractivity contribution in [2.75, 3.05) is 28.4 Å². The Kier molecular flexibility index (Phi) is 9.67. The fourth-order valence-electron chi connectivity index (χ4n) is 4.86. The summed E-state index contributed by atoms with van der Waals surface area (Å²) in [6, 6.07) is 20.2. The first kappa shape index (κ1) is 28.5. The third kappa shape index (κ3) is 6.22. The minimum absolute atomic E-state index is 0.0155. The van der Waals surface area contributed by atoms with E-state index in [0.29, 0.717) is 35.5 Å². The van der Waals surface area contributed by atoms with Gasteiger partial charge in [-0.2, -0.15) is 0 Å². The van der Waals surface area contributed by atoms with E-state index >= 15 is 0 Å². The van der Waals surface area contributed by atoms with E-state index in [-0.39, 0.29) is 23.0 Å². The topological polar surface area (TPSA) is 97.3 Å². The number of esters is 2. The van der Waals surface area contributed by atoms with Gasteiger partial charge in [-0.15, -0.1) is 0 Å². The van der Waals surface area contributed by atoms with E-state index in [1.807, 2.05) is 36.4 Å². The van der Waals surface area contributed by atoms with Crippen LogP contribution >= 0.6 is 0 Å². The molecule has 2 heterocycles. The molecule has 0 saturated heterocycles. The maximum atomic E-state index is 12.9. The molecule has 0 unspecified atom stereocenters. The van der Waals surface area contributed by atoms with Crippen LogP contribution in [-0.4, -0.2) is 40.4 Å². The number of hydrogen-bond acceptors (Lipinski definition) is 8. The van der Waals surface area contributed by atoms with Gasteiger partial charge >= 0.3 is 11.9 Å². The molecule has 0 aliphatic rings. The van der Waals surface area contributed by atoms with E-state index in [1.165, 1.54) is 39.6 Å². The van der Waals surface area contributed by atoms with Crippen LogP contribution < -0.4 is 9.47 Å². The molecule has 0 spiro atoms. The highest BCUT2D eigenvalue weighted by Gasteiger charge is 2.35. The van der Waals surface area contributed by atoms with Crippen LogP contribution in [0.5, 0.6) is 11.9 Å². The number of carbonyl (C=O) groups excluding carboxylic acids is 2. The van der Waals surface area contributed by atoms with Crippen molar-refractivity contribution in [2.24, 2.45) is 0 Å². The highest BCUT2D eigenvalue weighted by Crippen LogP contribution is 2.44. The van der Waals surface area contributed by atoms with Crippen LogP contribution in [0.1, 0.15) is 55.8 Å². The van der Waals surface area contributed by atoms with E-state index < -0.39 is 11.9 Å². The van der Waals surface area contributed by atoms with Gasteiger partial charge in [-0.05, 0) is 49.7 Å². The molecule has 0 radical (unpaired) electrons. The highest BCUT2D eigenvalue weighted by molar-refractivity contribution is 5.98. The lowest BCUT2D eigenvalue weighted by Gasteiger charge is -2.07. The van der Waals surface area contributed by atoms with Gasteiger partial charge in [0.2, 0.25) is 0 Å². The van der Waals surface area contributed by atoms with Crippen LogP contribution in [0.2, 0.25) is 0 Å². The molecule has 210 valence electrons. The van der Waals surface area contributed by atoms with Crippen LogP contribution in [0.4, 0.5) is 0 Å². The number of rotatable bonds is 13. The molecule has 0 amide bonds. The maximum absolute atomic E-state index is 12.9. The Hall–Kier alpha value is -4.46. The summed E-state index contributed by atoms with van der Waals surface area (Å²) in [5.74, 6) is -0.539. The van der Waals surface area contributed by atoms with Crippen LogP contribution in [0.3, 0.4) is 0 Å². The minimum atomic E-state index is -0.584. The van der Waals surface area contributed by atoms with Gasteiger partial charge in [0.25, 0.3) is 11.9 Å². The van der Waals surface area contributed by atoms with Crippen molar-refractivity contribution in [3.05, 3.63) is 94.0 Å². The van der Waals surface area contributed by atoms with Gasteiger partial charge in [-0.3, -0.25) is 0 Å². The van der Waals surface area contributed by atoms with E-state index in [0.717, 1.165) is 25.7 Å². The number of aryl methyl sites for hydroxylation is 2. The molecule has 0 saturated carbocycles. The SMILES string of the molecule is COC(=O)c1c(OC)oc(-c2oc(OC)c(C(=O)OC)c2CCCc2ccccc2)c1CCCc1ccccc1. The summed E-state index contributed by atoms with van der Waals surface area (Å²) in [4.78, 5) is 25.8. The number of ether oxygens (including phenoxy) is 4. The lowest BCUT2D eigenvalue weighted by molar-refractivity contribution is 0.0583. The van der Waals surface area contributed by atoms with Gasteiger partial charge < -0.3 is 27.8 Å². The van der Waals surface area contributed by atoms with Gasteiger partial charge in [0, 0.05) is 11.1 Å². The number of hydrogen-bond donors (Lipinski definition) is 0. The molecular formula is C32H34O8. The Bertz CT molecular complexity index is 1310. The van der Waals surface area contributed by atoms with Gasteiger partial charge in [0.05, 0.1) is 28.4 Å². The van der Waals surface area contributed by atoms with Crippen molar-refractivity contribution < 1.29 is 37.4 Å². The molecule has 0 aliphatic carbocycles. The third-order valence-electron chi connectivity index (χ3n) is 6.78. The van der Waals surface area contributed by atoms with E-state index in [2.05, 4.69) is 24.3 Å². The highest BCUT2D eigenvalue weighted by atomic mass is 16.6. The molecule has 0 fully saturated rings. The summed E-state index contributed by atoms with van der Waals surface area (Å²) >= 11 is 0. The molecule has 8 nitrogen and oxygen atoms in total. The molecule has 4 aromatic rings. The summed E-state index contributed by atoms with van der Waals surface area (Å²) in [5.41, 5.74) is 3.90. The average molecular weight is 547 g/mol. The van der Waals surface area contributed by atoms with E-state index in [4.69, 9.17) is 27.8 Å². The fraction of sp³-hybridized carbons (Fsp3) is 0.312. The summed E-state index contributed by atoms with van der Waals surface area (Å²) in [7, 11) is 5.46. The molecule has 8 heteroatoms. The molecule has 4 rings (SSSR count). The number of benzene rings is 2. The second-order valence-electron chi connectivity index (χ2n) is 9.21. The largest absolute Gasteiger partial charge is 0.468 e. The van der Waals surface area contributed by atoms with Crippen molar-refractivity contribution in [1.29, 1.82) is 0 Å². The lowest BCUT2D eigenvalue weighted by Crippen LogP contribution is -2.07. The second kappa shape index (κ2) is 13.6. The van der Waals surface area contributed by atoms with Gasteiger partial charge in [0.15, 0.2) is 11.5 Å². The summed E-state index contributed by atoms with van der Waals surface area (Å²) in [6.45, 7) is 0. The fourth-order valence-corrected chi connectivity index (χ4v) is 4.86. The standard InChI is InChI=1S/C32H34O8/c1-35-29(33)25-23(19-11-17-21-13-7-5-8-14-21)27(39-31(25)37-3)28-24(20-12-18-22-15-9-6-10-16-22)26(30(34)36-2)32(38-4)40-28/h5-10,13-16H,11-12,17-20H2,1-4H3. The Balaban J connectivity index is 1.78. The average Bonchev–Trinajstić information content (AvgIpc) is 3.55. The molecular weight excluding hydrogens is 512 g/mol. The zero-order chi connectivity index (χ0) is 28.5. The first-order chi connectivity index (χ1) is 19.5. The number of methoxy groups -OCH3 is 4. The van der Waals surface area contributed by atoms with Crippen molar-refractivity contribution >= 4 is 11.9 Å². The number of furan rings is 2. The summed E-state index contributed by atoms with van der Waals surface area (Å²) in [6.07, 6.45) is 3.95. The normalized spacial score (nSPS) is 10.8. The zero-order valence-electron chi connectivity index (χ0n) is 23.3. The van der Waals surface area contributed by atoms with Crippen LogP contribution in [0.15, 0.2) is 69.5 Å². The molecule has 2 aromatic heterocycles. The Labute approximate surface area is 233 Å². The van der Waals surface area contributed by atoms with Crippen LogP contribution in [0.25, 0.3) is 11.5 Å². The summed E-state index contributed by atoms with van der Waals surface area (Å²) in [5, 5.41) is 0. The van der Waals surface area contributed by atoms with E-state index in [9.17, 15) is 9.59 Å². The van der Waals surface area contributed by atoms with Gasteiger partial charge in [-0.25, -0.2) is 9.59 Å². The monoisotopic (exact) mass is 546 g/mol. The first-order valence-corrected chi connectivity index (χ1v) is 13.2. The van der Waals surface area contributed by atoms with Crippen molar-refractivity contribution in [2.45, 2.75) is 38.5 Å². The molecule has 0 aliphatic heterocycles. The summed E-state index contributed by atoms with van der Waals surface area (Å²) < 4.78 is 33.3. The Morgan fingerprint density at radius 2 is 0.950 bits per heavy atom. The zero-order valence-corrected chi connectivity index (χ0v) is 23.3. The van der Waals surface area contributed by atoms with Crippen molar-refractivity contribution in [3.8, 4) is 23.4 Å². The van der Waals surface area contributed by atoms with Crippen LogP contribution in [0, 0.1) is 0 Å².